The van der Waals surface area contributed by atoms with Crippen molar-refractivity contribution >= 4 is 0 Å². The Morgan fingerprint density at radius 3 is 2.00 bits per heavy atom. The van der Waals surface area contributed by atoms with Gasteiger partial charge in [-0.05, 0) is 60.9 Å². The Labute approximate surface area is 171 Å². The van der Waals surface area contributed by atoms with Crippen LogP contribution in [-0.4, -0.2) is 12.8 Å². The third-order valence-corrected chi connectivity index (χ3v) is 4.38. The van der Waals surface area contributed by atoms with E-state index in [1.807, 2.05) is 12.1 Å². The standard InChI is InChI=1S/C25H27F3O/c1-2-3-4-5-6-8-21-9-11-22(12-10-21)13-14-23-15-17-24(18-16-23)29-20-7-19-25(26,27)28/h7,9-12,15-19H,2-6,8,20H2,1H3/b19-7+. The van der Waals surface area contributed by atoms with Gasteiger partial charge in [0.15, 0.2) is 0 Å². The molecule has 0 atom stereocenters. The van der Waals surface area contributed by atoms with Crippen LogP contribution in [0.4, 0.5) is 13.2 Å². The lowest BCUT2D eigenvalue weighted by Crippen LogP contribution is -2.02. The van der Waals surface area contributed by atoms with Crippen molar-refractivity contribution in [3.63, 3.8) is 0 Å². The second-order valence-electron chi connectivity index (χ2n) is 6.89. The number of ether oxygens (including phenoxy) is 1. The number of hydrogen-bond acceptors (Lipinski definition) is 1. The van der Waals surface area contributed by atoms with Crippen molar-refractivity contribution < 1.29 is 17.9 Å². The number of rotatable bonds is 9. The van der Waals surface area contributed by atoms with Crippen LogP contribution in [0.1, 0.15) is 55.7 Å². The normalized spacial score (nSPS) is 11.3. The molecule has 2 rings (SSSR count). The molecule has 0 spiro atoms. The first-order valence-corrected chi connectivity index (χ1v) is 10.0. The number of aryl methyl sites for hydroxylation is 1. The van der Waals surface area contributed by atoms with Crippen molar-refractivity contribution in [3.8, 4) is 17.6 Å². The summed E-state index contributed by atoms with van der Waals surface area (Å²) in [6.07, 6.45) is 4.33. The molecule has 0 aromatic heterocycles. The molecule has 0 N–H and O–H groups in total. The van der Waals surface area contributed by atoms with Gasteiger partial charge in [-0.1, -0.05) is 56.6 Å². The van der Waals surface area contributed by atoms with E-state index in [-0.39, 0.29) is 12.7 Å². The molecule has 0 heterocycles. The minimum Gasteiger partial charge on any atom is -0.490 e. The fourth-order valence-corrected chi connectivity index (χ4v) is 2.79. The second-order valence-corrected chi connectivity index (χ2v) is 6.89. The number of allylic oxidation sites excluding steroid dienone is 1. The van der Waals surface area contributed by atoms with E-state index in [1.165, 1.54) is 37.7 Å². The van der Waals surface area contributed by atoms with Gasteiger partial charge in [0, 0.05) is 17.2 Å². The van der Waals surface area contributed by atoms with Crippen molar-refractivity contribution in [3.05, 3.63) is 77.4 Å². The Morgan fingerprint density at radius 2 is 1.41 bits per heavy atom. The summed E-state index contributed by atoms with van der Waals surface area (Å²) in [6.45, 7) is 2.10. The van der Waals surface area contributed by atoms with E-state index in [1.54, 1.807) is 24.3 Å². The molecule has 4 heteroatoms. The molecule has 0 amide bonds. The lowest BCUT2D eigenvalue weighted by molar-refractivity contribution is -0.0801. The van der Waals surface area contributed by atoms with Crippen LogP contribution in [0.2, 0.25) is 0 Å². The predicted molar refractivity (Wildman–Crippen MR) is 112 cm³/mol. The topological polar surface area (TPSA) is 9.23 Å². The van der Waals surface area contributed by atoms with E-state index in [0.717, 1.165) is 23.6 Å². The third-order valence-electron chi connectivity index (χ3n) is 4.38. The number of unbranched alkanes of at least 4 members (excludes halogenated alkanes) is 4. The zero-order valence-electron chi connectivity index (χ0n) is 16.8. The SMILES string of the molecule is CCCCCCCc1ccc(C#Cc2ccc(OC/C=C/C(F)(F)F)cc2)cc1. The number of hydrogen-bond donors (Lipinski definition) is 0. The lowest BCUT2D eigenvalue weighted by Gasteiger charge is -2.03. The van der Waals surface area contributed by atoms with Crippen molar-refractivity contribution in [1.29, 1.82) is 0 Å². The Hall–Kier alpha value is -2.67. The monoisotopic (exact) mass is 400 g/mol. The summed E-state index contributed by atoms with van der Waals surface area (Å²) < 4.78 is 41.3. The van der Waals surface area contributed by atoms with Crippen LogP contribution in [0.3, 0.4) is 0 Å². The van der Waals surface area contributed by atoms with Gasteiger partial charge >= 0.3 is 6.18 Å². The smallest absolute Gasteiger partial charge is 0.409 e. The minimum absolute atomic E-state index is 0.129. The largest absolute Gasteiger partial charge is 0.490 e. The van der Waals surface area contributed by atoms with Crippen LogP contribution in [0.5, 0.6) is 5.75 Å². The highest BCUT2D eigenvalue weighted by Gasteiger charge is 2.21. The van der Waals surface area contributed by atoms with Crippen LogP contribution in [0.25, 0.3) is 0 Å². The van der Waals surface area contributed by atoms with Gasteiger partial charge in [-0.3, -0.25) is 0 Å². The Bertz CT molecular complexity index is 806. The average Bonchev–Trinajstić information content (AvgIpc) is 2.70. The molecule has 0 radical (unpaired) electrons. The molecule has 0 bridgehead atoms. The molecule has 29 heavy (non-hydrogen) atoms. The molecule has 1 nitrogen and oxygen atoms in total. The maximum Gasteiger partial charge on any atom is 0.409 e. The maximum atomic E-state index is 12.0. The summed E-state index contributed by atoms with van der Waals surface area (Å²) in [6, 6.07) is 15.3. The number of halogens is 3. The third kappa shape index (κ3) is 9.89. The van der Waals surface area contributed by atoms with Gasteiger partial charge in [-0.25, -0.2) is 0 Å². The highest BCUT2D eigenvalue weighted by molar-refractivity contribution is 5.44. The summed E-state index contributed by atoms with van der Waals surface area (Å²) in [5.74, 6) is 6.73. The van der Waals surface area contributed by atoms with E-state index in [4.69, 9.17) is 4.74 Å². The molecule has 0 aliphatic heterocycles. The van der Waals surface area contributed by atoms with Crippen LogP contribution in [0, 0.1) is 11.8 Å². The van der Waals surface area contributed by atoms with E-state index in [0.29, 0.717) is 5.75 Å². The van der Waals surface area contributed by atoms with E-state index < -0.39 is 6.18 Å². The van der Waals surface area contributed by atoms with Crippen molar-refractivity contribution in [2.24, 2.45) is 0 Å². The molecule has 0 saturated carbocycles. The molecule has 0 aliphatic carbocycles. The number of benzene rings is 2. The highest BCUT2D eigenvalue weighted by Crippen LogP contribution is 2.16. The summed E-state index contributed by atoms with van der Waals surface area (Å²) in [4.78, 5) is 0. The fourth-order valence-electron chi connectivity index (χ4n) is 2.79. The molecule has 154 valence electrons. The summed E-state index contributed by atoms with van der Waals surface area (Å²) >= 11 is 0. The fraction of sp³-hybridized carbons (Fsp3) is 0.360. The molecule has 2 aromatic carbocycles. The first kappa shape index (κ1) is 22.6. The van der Waals surface area contributed by atoms with Crippen molar-refractivity contribution in [1.82, 2.24) is 0 Å². The average molecular weight is 400 g/mol. The van der Waals surface area contributed by atoms with Crippen LogP contribution in [-0.2, 0) is 6.42 Å². The quantitative estimate of drug-likeness (QED) is 0.248. The van der Waals surface area contributed by atoms with Gasteiger partial charge in [0.25, 0.3) is 0 Å². The zero-order chi connectivity index (χ0) is 21.0. The van der Waals surface area contributed by atoms with Gasteiger partial charge < -0.3 is 4.74 Å². The van der Waals surface area contributed by atoms with Crippen LogP contribution in [0.15, 0.2) is 60.7 Å². The lowest BCUT2D eigenvalue weighted by atomic mass is 10.0. The Kier molecular flexibility index (Phi) is 9.37. The van der Waals surface area contributed by atoms with Gasteiger partial charge in [0.05, 0.1) is 0 Å². The predicted octanol–water partition coefficient (Wildman–Crippen LogP) is 7.10. The highest BCUT2D eigenvalue weighted by atomic mass is 19.4. The molecule has 0 saturated heterocycles. The van der Waals surface area contributed by atoms with Gasteiger partial charge in [-0.15, -0.1) is 0 Å². The molecular weight excluding hydrogens is 373 g/mol. The first-order valence-electron chi connectivity index (χ1n) is 10.0. The summed E-state index contributed by atoms with van der Waals surface area (Å²) in [5.41, 5.74) is 3.12. The molecular formula is C25H27F3O. The first-order chi connectivity index (χ1) is 14.0. The molecule has 0 aliphatic rings. The number of alkyl halides is 3. The second kappa shape index (κ2) is 12.0. The van der Waals surface area contributed by atoms with E-state index in [9.17, 15) is 13.2 Å². The molecule has 0 unspecified atom stereocenters. The molecule has 0 fully saturated rings. The Morgan fingerprint density at radius 1 is 0.828 bits per heavy atom. The van der Waals surface area contributed by atoms with E-state index >= 15 is 0 Å². The van der Waals surface area contributed by atoms with Gasteiger partial charge in [-0.2, -0.15) is 13.2 Å². The van der Waals surface area contributed by atoms with Crippen molar-refractivity contribution in [2.75, 3.05) is 6.61 Å². The maximum absolute atomic E-state index is 12.0. The van der Waals surface area contributed by atoms with Gasteiger partial charge in [0.1, 0.15) is 12.4 Å². The van der Waals surface area contributed by atoms with Crippen LogP contribution < -0.4 is 4.74 Å². The minimum atomic E-state index is -4.31. The van der Waals surface area contributed by atoms with Crippen molar-refractivity contribution in [2.45, 2.75) is 51.6 Å². The Balaban J connectivity index is 1.81. The zero-order valence-corrected chi connectivity index (χ0v) is 16.8. The molecule has 2 aromatic rings. The summed E-state index contributed by atoms with van der Waals surface area (Å²) in [7, 11) is 0. The summed E-state index contributed by atoms with van der Waals surface area (Å²) in [5, 5.41) is 0. The van der Waals surface area contributed by atoms with Crippen LogP contribution >= 0.6 is 0 Å². The van der Waals surface area contributed by atoms with Gasteiger partial charge in [0.2, 0.25) is 0 Å². The van der Waals surface area contributed by atoms with E-state index in [2.05, 4.69) is 30.9 Å².